The van der Waals surface area contributed by atoms with Crippen LogP contribution in [0, 0.1) is 0 Å². The number of nitrogens with one attached hydrogen (secondary N) is 4. The number of hydrogen-bond acceptors (Lipinski definition) is 8. The summed E-state index contributed by atoms with van der Waals surface area (Å²) in [7, 11) is 6.32. The Morgan fingerprint density at radius 2 is 1.08 bits per heavy atom. The highest BCUT2D eigenvalue weighted by Gasteiger charge is 2.22. The highest BCUT2D eigenvalue weighted by atomic mass is 33.1. The Balaban J connectivity index is 4.05. The minimum Gasteiger partial charge on any atom is -0.354 e. The zero-order valence-corrected chi connectivity index (χ0v) is 28.6. The van der Waals surface area contributed by atoms with Crippen LogP contribution in [-0.2, 0) is 19.2 Å². The number of carbonyl (C=O) groups excluding carboxylic acids is 4. The normalized spacial score (nSPS) is 14.0. The van der Waals surface area contributed by atoms with E-state index >= 15 is 0 Å². The van der Waals surface area contributed by atoms with E-state index in [-0.39, 0.29) is 52.5 Å². The van der Waals surface area contributed by atoms with Gasteiger partial charge in [-0.25, -0.2) is 0 Å². The van der Waals surface area contributed by atoms with E-state index in [1.54, 1.807) is 21.6 Å². The Labute approximate surface area is 252 Å². The molecule has 0 aliphatic rings. The molecule has 0 saturated heterocycles. The van der Waals surface area contributed by atoms with Gasteiger partial charge in [-0.1, -0.05) is 50.1 Å². The lowest BCUT2D eigenvalue weighted by Crippen LogP contribution is -2.37. The van der Waals surface area contributed by atoms with E-state index in [1.165, 1.54) is 21.6 Å². The maximum Gasteiger partial charge on any atom is 0.231 e. The highest BCUT2D eigenvalue weighted by Crippen LogP contribution is 2.38. The van der Waals surface area contributed by atoms with Crippen molar-refractivity contribution in [3.63, 3.8) is 0 Å². The summed E-state index contributed by atoms with van der Waals surface area (Å²) in [5, 5.41) is 12.2. The largest absolute Gasteiger partial charge is 0.354 e. The number of hydrogen-bond donors (Lipinski definition) is 4. The van der Waals surface area contributed by atoms with E-state index in [4.69, 9.17) is 0 Å². The molecule has 0 fully saturated rings. The third-order valence-corrected chi connectivity index (χ3v) is 11.4. The number of amides is 4. The van der Waals surface area contributed by atoms with E-state index in [2.05, 4.69) is 42.0 Å². The van der Waals surface area contributed by atoms with E-state index < -0.39 is 0 Å². The molecule has 0 radical (unpaired) electrons. The second-order valence-corrected chi connectivity index (χ2v) is 17.1. The summed E-state index contributed by atoms with van der Waals surface area (Å²) < 4.78 is -0.112. The molecule has 12 heteroatoms. The average Bonchev–Trinajstić information content (AvgIpc) is 2.79. The molecule has 228 valence electrons. The first-order valence-corrected chi connectivity index (χ1v) is 18.6. The van der Waals surface area contributed by atoms with Gasteiger partial charge in [-0.05, 0) is 81.1 Å². The van der Waals surface area contributed by atoms with Gasteiger partial charge >= 0.3 is 0 Å². The summed E-state index contributed by atoms with van der Waals surface area (Å²) in [5.41, 5.74) is 0. The third-order valence-electron chi connectivity index (χ3n) is 5.38. The topological polar surface area (TPSA) is 116 Å². The smallest absolute Gasteiger partial charge is 0.231 e. The van der Waals surface area contributed by atoms with E-state index in [0.29, 0.717) is 29.6 Å². The molecule has 0 saturated carbocycles. The van der Waals surface area contributed by atoms with Crippen LogP contribution < -0.4 is 21.3 Å². The van der Waals surface area contributed by atoms with Gasteiger partial charge in [0, 0.05) is 47.0 Å². The lowest BCUT2D eigenvalue weighted by atomic mass is 10.1. The van der Waals surface area contributed by atoms with Gasteiger partial charge < -0.3 is 21.3 Å². The van der Waals surface area contributed by atoms with Gasteiger partial charge in [0.25, 0.3) is 0 Å². The van der Waals surface area contributed by atoms with Gasteiger partial charge in [0.1, 0.15) is 0 Å². The van der Waals surface area contributed by atoms with Crippen LogP contribution in [0.25, 0.3) is 0 Å². The summed E-state index contributed by atoms with van der Waals surface area (Å²) in [5.74, 6) is 0.904. The first-order valence-electron chi connectivity index (χ1n) is 13.9. The molecule has 0 aliphatic heterocycles. The van der Waals surface area contributed by atoms with Gasteiger partial charge in [-0.3, -0.25) is 19.2 Å². The fourth-order valence-corrected chi connectivity index (χ4v) is 8.02. The minimum absolute atomic E-state index is 0.000674. The Hall–Kier alpha value is -0.720. The van der Waals surface area contributed by atoms with Gasteiger partial charge in [0.2, 0.25) is 23.6 Å². The Bertz CT molecular complexity index is 753. The van der Waals surface area contributed by atoms with Crippen molar-refractivity contribution in [1.82, 2.24) is 21.3 Å². The molecule has 0 heterocycles. The van der Waals surface area contributed by atoms with Crippen LogP contribution in [0.15, 0.2) is 0 Å². The number of rotatable bonds is 21. The van der Waals surface area contributed by atoms with Crippen LogP contribution in [-0.4, -0.2) is 69.3 Å². The Morgan fingerprint density at radius 1 is 0.615 bits per heavy atom. The second kappa shape index (κ2) is 21.1. The van der Waals surface area contributed by atoms with Crippen molar-refractivity contribution in [1.29, 1.82) is 0 Å². The zero-order valence-electron chi connectivity index (χ0n) is 25.3. The summed E-state index contributed by atoms with van der Waals surface area (Å²) >= 11 is 0. The maximum atomic E-state index is 12.4. The lowest BCUT2D eigenvalue weighted by molar-refractivity contribution is -0.122. The maximum absolute atomic E-state index is 12.4. The molecule has 3 unspecified atom stereocenters. The molecular weight excluding hydrogens is 573 g/mol. The van der Waals surface area contributed by atoms with Crippen molar-refractivity contribution in [3.05, 3.63) is 0 Å². The SMILES string of the molecule is CC(C)NC(=O)CCC(C)SSCC(=O)NC(C)CCC(C)NC(=O)CCC(C)(C)SSCC(=O)NC(C)C. The summed E-state index contributed by atoms with van der Waals surface area (Å²) in [6.07, 6.45) is 4.00. The molecule has 3 atom stereocenters. The molecular formula is C27H52N4O4S4. The Kier molecular flexibility index (Phi) is 20.7. The highest BCUT2D eigenvalue weighted by molar-refractivity contribution is 8.77. The second-order valence-electron chi connectivity index (χ2n) is 11.3. The Morgan fingerprint density at radius 3 is 1.64 bits per heavy atom. The summed E-state index contributed by atoms with van der Waals surface area (Å²) in [6.45, 7) is 18.0. The van der Waals surface area contributed by atoms with Gasteiger partial charge in [0.15, 0.2) is 0 Å². The minimum atomic E-state index is -0.112. The first-order chi connectivity index (χ1) is 18.1. The molecule has 0 bridgehead atoms. The quantitative estimate of drug-likeness (QED) is 0.127. The van der Waals surface area contributed by atoms with Gasteiger partial charge in [0.05, 0.1) is 11.5 Å². The predicted octanol–water partition coefficient (Wildman–Crippen LogP) is 5.32. The monoisotopic (exact) mass is 624 g/mol. The van der Waals surface area contributed by atoms with Crippen molar-refractivity contribution in [2.75, 3.05) is 11.5 Å². The molecule has 0 aromatic heterocycles. The fourth-order valence-electron chi connectivity index (χ4n) is 3.35. The van der Waals surface area contributed by atoms with Crippen LogP contribution in [0.1, 0.15) is 101 Å². The molecule has 0 aromatic rings. The standard InChI is InChI=1S/C27H52N4O4S4/c1-18(2)28-23(32)13-12-22(7)38-36-16-26(35)31-21(6)11-10-20(5)30-24(33)14-15-27(8,9)39-37-17-25(34)29-19(3)4/h18-22H,10-17H2,1-9H3,(H,28,32)(H,29,34)(H,30,33)(H,31,35). The van der Waals surface area contributed by atoms with Crippen LogP contribution in [0.2, 0.25) is 0 Å². The van der Waals surface area contributed by atoms with Crippen LogP contribution >= 0.6 is 43.2 Å². The zero-order chi connectivity index (χ0) is 30.0. The molecule has 4 amide bonds. The van der Waals surface area contributed by atoms with Crippen LogP contribution in [0.5, 0.6) is 0 Å². The number of carbonyl (C=O) groups is 4. The first kappa shape index (κ1) is 38.3. The molecule has 0 aromatic carbocycles. The van der Waals surface area contributed by atoms with Crippen molar-refractivity contribution in [2.45, 2.75) is 135 Å². The molecule has 8 nitrogen and oxygen atoms in total. The molecule has 39 heavy (non-hydrogen) atoms. The predicted molar refractivity (Wildman–Crippen MR) is 173 cm³/mol. The van der Waals surface area contributed by atoms with E-state index in [0.717, 1.165) is 25.7 Å². The van der Waals surface area contributed by atoms with Gasteiger partial charge in [-0.2, -0.15) is 0 Å². The van der Waals surface area contributed by atoms with E-state index in [9.17, 15) is 19.2 Å². The fraction of sp³-hybridized carbons (Fsp3) is 0.852. The van der Waals surface area contributed by atoms with Crippen LogP contribution in [0.4, 0.5) is 0 Å². The molecule has 0 aliphatic carbocycles. The van der Waals surface area contributed by atoms with Crippen molar-refractivity contribution < 1.29 is 19.2 Å². The van der Waals surface area contributed by atoms with Gasteiger partial charge in [-0.15, -0.1) is 0 Å². The molecule has 4 N–H and O–H groups in total. The summed E-state index contributed by atoms with van der Waals surface area (Å²) in [4.78, 5) is 48.3. The third kappa shape index (κ3) is 23.7. The van der Waals surface area contributed by atoms with Crippen LogP contribution in [0.3, 0.4) is 0 Å². The lowest BCUT2D eigenvalue weighted by Gasteiger charge is -2.23. The van der Waals surface area contributed by atoms with Crippen molar-refractivity contribution in [2.24, 2.45) is 0 Å². The van der Waals surface area contributed by atoms with Crippen molar-refractivity contribution in [3.8, 4) is 0 Å². The summed E-state index contributed by atoms with van der Waals surface area (Å²) in [6, 6.07) is 0.350. The van der Waals surface area contributed by atoms with E-state index in [1.807, 2.05) is 41.5 Å². The van der Waals surface area contributed by atoms with Crippen molar-refractivity contribution >= 4 is 66.8 Å². The molecule has 0 rings (SSSR count). The average molecular weight is 625 g/mol. The molecule has 0 spiro atoms.